The average Bonchev–Trinajstić information content (AvgIpc) is 2.88. The molecule has 0 aliphatic carbocycles. The number of benzene rings is 1. The molecule has 2 unspecified atom stereocenters. The molecule has 0 radical (unpaired) electrons. The van der Waals surface area contributed by atoms with Crippen LogP contribution >= 0.6 is 12.6 Å². The molecule has 2 amide bonds. The Labute approximate surface area is 220 Å². The molecule has 6 nitrogen and oxygen atoms in total. The lowest BCUT2D eigenvalue weighted by atomic mass is 9.82. The van der Waals surface area contributed by atoms with Crippen molar-refractivity contribution in [2.24, 2.45) is 5.92 Å². The first-order valence-electron chi connectivity index (χ1n) is 12.7. The number of nitrogens with zero attached hydrogens (tertiary/aromatic N) is 3. The third kappa shape index (κ3) is 5.65. The quantitative estimate of drug-likeness (QED) is 0.533. The molecule has 1 aromatic heterocycles. The summed E-state index contributed by atoms with van der Waals surface area (Å²) in [7, 11) is 0. The number of thiol groups is 1. The first-order valence-corrected chi connectivity index (χ1v) is 13.1. The van der Waals surface area contributed by atoms with E-state index in [9.17, 15) is 27.9 Å². The monoisotopic (exact) mass is 535 g/mol. The zero-order valence-electron chi connectivity index (χ0n) is 20.7. The molecule has 2 aliphatic heterocycles. The van der Waals surface area contributed by atoms with Gasteiger partial charge in [0.1, 0.15) is 5.69 Å². The van der Waals surface area contributed by atoms with Gasteiger partial charge in [-0.05, 0) is 55.9 Å². The van der Waals surface area contributed by atoms with Gasteiger partial charge in [0.25, 0.3) is 5.91 Å². The summed E-state index contributed by atoms with van der Waals surface area (Å²) in [5, 5.41) is 11.3. The van der Waals surface area contributed by atoms with Gasteiger partial charge in [-0.25, -0.2) is 0 Å². The lowest BCUT2D eigenvalue weighted by molar-refractivity contribution is -0.144. The molecule has 4 rings (SSSR count). The highest BCUT2D eigenvalue weighted by Crippen LogP contribution is 2.38. The molecular weight excluding hydrogens is 503 g/mol. The van der Waals surface area contributed by atoms with Crippen molar-refractivity contribution < 1.29 is 27.9 Å². The van der Waals surface area contributed by atoms with E-state index in [0.717, 1.165) is 17.7 Å². The van der Waals surface area contributed by atoms with Crippen molar-refractivity contribution in [3.63, 3.8) is 0 Å². The minimum Gasteiger partial charge on any atom is -0.385 e. The van der Waals surface area contributed by atoms with Gasteiger partial charge in [-0.3, -0.25) is 14.6 Å². The van der Waals surface area contributed by atoms with Gasteiger partial charge in [0, 0.05) is 36.8 Å². The second-order valence-corrected chi connectivity index (χ2v) is 10.4. The number of aliphatic hydroxyl groups is 1. The number of rotatable bonds is 5. The molecule has 0 spiro atoms. The van der Waals surface area contributed by atoms with Crippen LogP contribution in [0.1, 0.15) is 67.1 Å². The zero-order chi connectivity index (χ0) is 26.8. The van der Waals surface area contributed by atoms with Crippen molar-refractivity contribution in [3.05, 3.63) is 59.4 Å². The average molecular weight is 536 g/mol. The number of piperidine rings is 2. The highest BCUT2D eigenvalue weighted by molar-refractivity contribution is 7.80. The maximum absolute atomic E-state index is 13.7. The van der Waals surface area contributed by atoms with Crippen LogP contribution in [0, 0.1) is 5.92 Å². The summed E-state index contributed by atoms with van der Waals surface area (Å²) in [6, 6.07) is 8.87. The Morgan fingerprint density at radius 1 is 1.14 bits per heavy atom. The highest BCUT2D eigenvalue weighted by Gasteiger charge is 2.44. The first kappa shape index (κ1) is 27.4. The van der Waals surface area contributed by atoms with Gasteiger partial charge in [0.05, 0.1) is 17.1 Å². The van der Waals surface area contributed by atoms with Crippen LogP contribution in [-0.4, -0.2) is 57.4 Å². The summed E-state index contributed by atoms with van der Waals surface area (Å²) in [6.45, 7) is 2.90. The molecule has 2 saturated heterocycles. The van der Waals surface area contributed by atoms with E-state index in [0.29, 0.717) is 56.5 Å². The van der Waals surface area contributed by atoms with E-state index in [1.807, 2.05) is 31.2 Å². The predicted molar refractivity (Wildman–Crippen MR) is 135 cm³/mol. The molecule has 0 saturated carbocycles. The molecule has 37 heavy (non-hydrogen) atoms. The highest BCUT2D eigenvalue weighted by atomic mass is 32.1. The molecule has 1 N–H and O–H groups in total. The van der Waals surface area contributed by atoms with Crippen LogP contribution in [0.25, 0.3) is 0 Å². The first-order chi connectivity index (χ1) is 17.6. The van der Waals surface area contributed by atoms with Crippen LogP contribution in [0.2, 0.25) is 0 Å². The summed E-state index contributed by atoms with van der Waals surface area (Å²) in [5.41, 5.74) is -2.04. The number of alkyl halides is 3. The fourth-order valence-corrected chi connectivity index (χ4v) is 6.03. The molecule has 2 fully saturated rings. The Kier molecular flexibility index (Phi) is 8.18. The van der Waals surface area contributed by atoms with E-state index >= 15 is 0 Å². The normalized spacial score (nSPS) is 22.1. The van der Waals surface area contributed by atoms with Gasteiger partial charge >= 0.3 is 6.18 Å². The second-order valence-electron chi connectivity index (χ2n) is 9.87. The number of amides is 2. The van der Waals surface area contributed by atoms with E-state index in [1.165, 1.54) is 11.1 Å². The fraction of sp³-hybridized carbons (Fsp3) is 0.519. The number of hydrogen-bond acceptors (Lipinski definition) is 5. The van der Waals surface area contributed by atoms with Crippen LogP contribution in [0.4, 0.5) is 13.2 Å². The Balaban J connectivity index is 1.53. The number of hydrogen-bond donors (Lipinski definition) is 2. The predicted octanol–water partition coefficient (Wildman–Crippen LogP) is 4.92. The lowest BCUT2D eigenvalue weighted by Crippen LogP contribution is -2.55. The van der Waals surface area contributed by atoms with Crippen molar-refractivity contribution in [3.8, 4) is 0 Å². The Hall–Kier alpha value is -2.59. The van der Waals surface area contributed by atoms with Gasteiger partial charge in [0.15, 0.2) is 0 Å². The number of likely N-dealkylation sites (tertiary alicyclic amines) is 2. The number of aromatic nitrogens is 1. The number of halogens is 3. The Bertz CT molecular complexity index is 1140. The third-order valence-electron chi connectivity index (χ3n) is 7.56. The molecule has 2 aromatic rings. The minimum absolute atomic E-state index is 0.116. The summed E-state index contributed by atoms with van der Waals surface area (Å²) >= 11 is 4.47. The fourth-order valence-electron chi connectivity index (χ4n) is 5.66. The third-order valence-corrected chi connectivity index (χ3v) is 7.95. The Morgan fingerprint density at radius 3 is 2.49 bits per heavy atom. The van der Waals surface area contributed by atoms with E-state index in [1.54, 1.807) is 4.90 Å². The number of pyridine rings is 1. The van der Waals surface area contributed by atoms with Crippen molar-refractivity contribution >= 4 is 24.4 Å². The van der Waals surface area contributed by atoms with Crippen LogP contribution in [0.5, 0.6) is 0 Å². The molecule has 0 bridgehead atoms. The second kappa shape index (κ2) is 11.0. The van der Waals surface area contributed by atoms with E-state index in [4.69, 9.17) is 0 Å². The molecular formula is C27H32F3N3O3S. The van der Waals surface area contributed by atoms with Gasteiger partial charge < -0.3 is 14.9 Å². The molecule has 200 valence electrons. The van der Waals surface area contributed by atoms with Gasteiger partial charge in [-0.2, -0.15) is 13.2 Å². The molecule has 3 heterocycles. The maximum Gasteiger partial charge on any atom is 0.418 e. The van der Waals surface area contributed by atoms with Crippen LogP contribution < -0.4 is 0 Å². The molecule has 10 heteroatoms. The standard InChI is InChI=1S/C27H32F3N3O3S/c1-2-7-21-18(8-6-15-33(21)25(35)23-20(27(28,29)30)10-5-14-31-23)24(34)32-16-12-26(36,13-17-32)19-9-3-4-11-22(19)37/h3-5,9-11,14,18,21,36-37H,2,6-8,12-13,15-17H2,1H3. The SMILES string of the molecule is CCCC1C(C(=O)N2CCC(O)(c3ccccc3S)CC2)CCCN1C(=O)c1ncccc1C(F)(F)F. The summed E-state index contributed by atoms with van der Waals surface area (Å²) in [4.78, 5) is 34.7. The summed E-state index contributed by atoms with van der Waals surface area (Å²) in [5.74, 6) is -1.42. The van der Waals surface area contributed by atoms with Crippen LogP contribution in [0.15, 0.2) is 47.5 Å². The smallest absolute Gasteiger partial charge is 0.385 e. The number of carbonyl (C=O) groups is 2. The Morgan fingerprint density at radius 2 is 1.84 bits per heavy atom. The summed E-state index contributed by atoms with van der Waals surface area (Å²) in [6.07, 6.45) is -0.572. The topological polar surface area (TPSA) is 73.7 Å². The summed E-state index contributed by atoms with van der Waals surface area (Å²) < 4.78 is 40.7. The van der Waals surface area contributed by atoms with Crippen LogP contribution in [0.3, 0.4) is 0 Å². The van der Waals surface area contributed by atoms with E-state index in [-0.39, 0.29) is 12.5 Å². The van der Waals surface area contributed by atoms with Crippen molar-refractivity contribution in [1.82, 2.24) is 14.8 Å². The minimum atomic E-state index is -4.71. The van der Waals surface area contributed by atoms with Crippen molar-refractivity contribution in [1.29, 1.82) is 0 Å². The van der Waals surface area contributed by atoms with E-state index < -0.39 is 40.9 Å². The van der Waals surface area contributed by atoms with Gasteiger partial charge in [-0.1, -0.05) is 31.5 Å². The maximum atomic E-state index is 13.7. The van der Waals surface area contributed by atoms with Gasteiger partial charge in [0.2, 0.25) is 5.91 Å². The molecule has 2 atom stereocenters. The largest absolute Gasteiger partial charge is 0.418 e. The van der Waals surface area contributed by atoms with Gasteiger partial charge in [-0.15, -0.1) is 12.6 Å². The van der Waals surface area contributed by atoms with E-state index in [2.05, 4.69) is 17.6 Å². The molecule has 2 aliphatic rings. The zero-order valence-corrected chi connectivity index (χ0v) is 21.6. The van der Waals surface area contributed by atoms with Crippen LogP contribution in [-0.2, 0) is 16.6 Å². The lowest BCUT2D eigenvalue weighted by Gasteiger charge is -2.45. The number of carbonyl (C=O) groups excluding carboxylic acids is 2. The van der Waals surface area contributed by atoms with Crippen molar-refractivity contribution in [2.45, 2.75) is 68.2 Å². The van der Waals surface area contributed by atoms with Crippen molar-refractivity contribution in [2.75, 3.05) is 19.6 Å². The molecule has 1 aromatic carbocycles.